The molecule has 1 saturated heterocycles. The summed E-state index contributed by atoms with van der Waals surface area (Å²) in [5, 5.41) is 3.12. The zero-order chi connectivity index (χ0) is 10.6. The minimum atomic E-state index is 0.0607. The van der Waals surface area contributed by atoms with Gasteiger partial charge in [0.25, 0.3) is 0 Å². The second-order valence-electron chi connectivity index (χ2n) is 3.93. The molecule has 1 atom stereocenters. The van der Waals surface area contributed by atoms with Crippen LogP contribution in [0.2, 0.25) is 0 Å². The van der Waals surface area contributed by atoms with Crippen molar-refractivity contribution < 1.29 is 4.79 Å². The minimum Gasteiger partial charge on any atom is -0.343 e. The van der Waals surface area contributed by atoms with Gasteiger partial charge >= 0.3 is 0 Å². The van der Waals surface area contributed by atoms with Gasteiger partial charge in [0.05, 0.1) is 6.04 Å². The molecular formula is C10H21N3O. The summed E-state index contributed by atoms with van der Waals surface area (Å²) in [7, 11) is 3.84. The third-order valence-corrected chi connectivity index (χ3v) is 2.88. The number of nitrogens with zero attached hydrogens (tertiary/aromatic N) is 2. The molecule has 4 nitrogen and oxygen atoms in total. The van der Waals surface area contributed by atoms with Gasteiger partial charge in [-0.3, -0.25) is 9.69 Å². The number of nitrogens with one attached hydrogen (secondary N) is 1. The van der Waals surface area contributed by atoms with Crippen LogP contribution in [0.4, 0.5) is 0 Å². The third kappa shape index (κ3) is 2.69. The van der Waals surface area contributed by atoms with E-state index in [1.54, 1.807) is 0 Å². The summed E-state index contributed by atoms with van der Waals surface area (Å²) in [6, 6.07) is 0.0607. The number of hydrogen-bond acceptors (Lipinski definition) is 3. The summed E-state index contributed by atoms with van der Waals surface area (Å²) in [5.74, 6) is 0.251. The Bertz CT molecular complexity index is 196. The van der Waals surface area contributed by atoms with Crippen LogP contribution in [0.3, 0.4) is 0 Å². The van der Waals surface area contributed by atoms with E-state index in [0.29, 0.717) is 0 Å². The fraction of sp³-hybridized carbons (Fsp3) is 0.900. The van der Waals surface area contributed by atoms with Crippen LogP contribution >= 0.6 is 0 Å². The first-order chi connectivity index (χ1) is 6.66. The van der Waals surface area contributed by atoms with Crippen molar-refractivity contribution in [3.63, 3.8) is 0 Å². The van der Waals surface area contributed by atoms with E-state index in [4.69, 9.17) is 0 Å². The summed E-state index contributed by atoms with van der Waals surface area (Å²) in [4.78, 5) is 15.7. The largest absolute Gasteiger partial charge is 0.343 e. The Balaban J connectivity index is 2.35. The molecule has 0 aromatic rings. The van der Waals surface area contributed by atoms with Crippen LogP contribution < -0.4 is 5.32 Å². The van der Waals surface area contributed by atoms with E-state index in [9.17, 15) is 4.79 Å². The summed E-state index contributed by atoms with van der Waals surface area (Å²) >= 11 is 0. The molecule has 1 N–H and O–H groups in total. The molecule has 14 heavy (non-hydrogen) atoms. The van der Waals surface area contributed by atoms with Crippen LogP contribution in [0, 0.1) is 0 Å². The fourth-order valence-corrected chi connectivity index (χ4v) is 1.82. The molecule has 1 aliphatic heterocycles. The number of likely N-dealkylation sites (N-methyl/N-ethyl adjacent to an activating group) is 1. The standard InChI is InChI=1S/C10H21N3O/c1-9-10(14)12(3)7-8-13(9)6-4-5-11-2/h9,11H,4-8H2,1-3H3. The fourth-order valence-electron chi connectivity index (χ4n) is 1.82. The van der Waals surface area contributed by atoms with Gasteiger partial charge in [-0.05, 0) is 26.9 Å². The van der Waals surface area contributed by atoms with Crippen molar-refractivity contribution in [2.24, 2.45) is 0 Å². The van der Waals surface area contributed by atoms with Crippen molar-refractivity contribution in [1.29, 1.82) is 0 Å². The molecule has 1 heterocycles. The SMILES string of the molecule is CNCCCN1CCN(C)C(=O)C1C. The monoisotopic (exact) mass is 199 g/mol. The molecule has 0 spiro atoms. The maximum atomic E-state index is 11.6. The number of hydrogen-bond donors (Lipinski definition) is 1. The Kier molecular flexibility index (Phi) is 4.35. The molecule has 0 radical (unpaired) electrons. The molecule has 4 heteroatoms. The lowest BCUT2D eigenvalue weighted by Gasteiger charge is -2.37. The van der Waals surface area contributed by atoms with Gasteiger partial charge in [-0.1, -0.05) is 0 Å². The number of piperazine rings is 1. The Hall–Kier alpha value is -0.610. The number of rotatable bonds is 4. The van der Waals surface area contributed by atoms with Gasteiger partial charge < -0.3 is 10.2 Å². The number of carbonyl (C=O) groups excluding carboxylic acids is 1. The second kappa shape index (κ2) is 5.32. The highest BCUT2D eigenvalue weighted by Gasteiger charge is 2.28. The molecule has 0 aliphatic carbocycles. The first kappa shape index (κ1) is 11.5. The van der Waals surface area contributed by atoms with Crippen molar-refractivity contribution in [2.45, 2.75) is 19.4 Å². The highest BCUT2D eigenvalue weighted by molar-refractivity contribution is 5.81. The van der Waals surface area contributed by atoms with E-state index in [1.807, 2.05) is 25.9 Å². The molecule has 0 aromatic carbocycles. The Morgan fingerprint density at radius 1 is 1.50 bits per heavy atom. The zero-order valence-electron chi connectivity index (χ0n) is 9.42. The summed E-state index contributed by atoms with van der Waals surface area (Å²) in [6.07, 6.45) is 1.11. The normalized spacial score (nSPS) is 24.4. The van der Waals surface area contributed by atoms with Crippen LogP contribution in [-0.4, -0.2) is 62.0 Å². The van der Waals surface area contributed by atoms with Crippen LogP contribution in [0.25, 0.3) is 0 Å². The number of amides is 1. The Morgan fingerprint density at radius 2 is 2.21 bits per heavy atom. The average molecular weight is 199 g/mol. The van der Waals surface area contributed by atoms with Crippen LogP contribution in [-0.2, 0) is 4.79 Å². The molecule has 1 rings (SSSR count). The molecule has 0 bridgehead atoms. The lowest BCUT2D eigenvalue weighted by molar-refractivity contribution is -0.139. The lowest BCUT2D eigenvalue weighted by atomic mass is 10.2. The maximum absolute atomic E-state index is 11.6. The minimum absolute atomic E-state index is 0.0607. The van der Waals surface area contributed by atoms with E-state index in [-0.39, 0.29) is 11.9 Å². The van der Waals surface area contributed by atoms with Crippen LogP contribution in [0.1, 0.15) is 13.3 Å². The van der Waals surface area contributed by atoms with E-state index in [0.717, 1.165) is 32.6 Å². The van der Waals surface area contributed by atoms with Gasteiger partial charge in [-0.25, -0.2) is 0 Å². The Morgan fingerprint density at radius 3 is 2.86 bits per heavy atom. The number of carbonyl (C=O) groups is 1. The molecule has 1 fully saturated rings. The van der Waals surface area contributed by atoms with E-state index in [1.165, 1.54) is 0 Å². The van der Waals surface area contributed by atoms with E-state index < -0.39 is 0 Å². The zero-order valence-corrected chi connectivity index (χ0v) is 9.42. The van der Waals surface area contributed by atoms with Crippen molar-refractivity contribution in [3.05, 3.63) is 0 Å². The van der Waals surface area contributed by atoms with E-state index >= 15 is 0 Å². The van der Waals surface area contributed by atoms with Crippen LogP contribution in [0.5, 0.6) is 0 Å². The van der Waals surface area contributed by atoms with Crippen molar-refractivity contribution >= 4 is 5.91 Å². The predicted octanol–water partition coefficient (Wildman–Crippen LogP) is -0.242. The maximum Gasteiger partial charge on any atom is 0.239 e. The van der Waals surface area contributed by atoms with Gasteiger partial charge in [0.15, 0.2) is 0 Å². The second-order valence-corrected chi connectivity index (χ2v) is 3.93. The van der Waals surface area contributed by atoms with E-state index in [2.05, 4.69) is 10.2 Å². The highest BCUT2D eigenvalue weighted by atomic mass is 16.2. The topological polar surface area (TPSA) is 35.6 Å². The molecule has 0 saturated carbocycles. The van der Waals surface area contributed by atoms with Crippen molar-refractivity contribution in [1.82, 2.24) is 15.1 Å². The highest BCUT2D eigenvalue weighted by Crippen LogP contribution is 2.09. The molecule has 1 aliphatic rings. The molecule has 0 aromatic heterocycles. The summed E-state index contributed by atoms with van der Waals surface area (Å²) in [5.41, 5.74) is 0. The average Bonchev–Trinajstić information content (AvgIpc) is 2.18. The van der Waals surface area contributed by atoms with Gasteiger partial charge in [0.1, 0.15) is 0 Å². The quantitative estimate of drug-likeness (QED) is 0.635. The van der Waals surface area contributed by atoms with Gasteiger partial charge in [-0.2, -0.15) is 0 Å². The summed E-state index contributed by atoms with van der Waals surface area (Å²) < 4.78 is 0. The van der Waals surface area contributed by atoms with Gasteiger partial charge in [0.2, 0.25) is 5.91 Å². The van der Waals surface area contributed by atoms with Crippen molar-refractivity contribution in [3.8, 4) is 0 Å². The smallest absolute Gasteiger partial charge is 0.239 e. The molecular weight excluding hydrogens is 178 g/mol. The molecule has 82 valence electrons. The first-order valence-electron chi connectivity index (χ1n) is 5.30. The lowest BCUT2D eigenvalue weighted by Crippen LogP contribution is -2.54. The van der Waals surface area contributed by atoms with Gasteiger partial charge in [-0.15, -0.1) is 0 Å². The Labute approximate surface area is 86.2 Å². The van der Waals surface area contributed by atoms with Crippen molar-refractivity contribution in [2.75, 3.05) is 40.3 Å². The first-order valence-corrected chi connectivity index (χ1v) is 5.30. The van der Waals surface area contributed by atoms with Crippen LogP contribution in [0.15, 0.2) is 0 Å². The molecule has 1 amide bonds. The van der Waals surface area contributed by atoms with Gasteiger partial charge in [0, 0.05) is 26.7 Å². The summed E-state index contributed by atoms with van der Waals surface area (Å²) in [6.45, 7) is 5.90. The third-order valence-electron chi connectivity index (χ3n) is 2.88. The predicted molar refractivity (Wildman–Crippen MR) is 57.2 cm³/mol. The molecule has 1 unspecified atom stereocenters.